The molecule has 0 aliphatic carbocycles. The summed E-state index contributed by atoms with van der Waals surface area (Å²) in [6.07, 6.45) is 1.80. The molecule has 0 bridgehead atoms. The first kappa shape index (κ1) is 18.2. The molecule has 0 spiro atoms. The molecular formula is C17H20N2O4S. The van der Waals surface area contributed by atoms with Crippen molar-refractivity contribution < 1.29 is 14.3 Å². The summed E-state index contributed by atoms with van der Waals surface area (Å²) in [5.41, 5.74) is 0.614. The highest BCUT2D eigenvalue weighted by molar-refractivity contribution is 7.99. The predicted octanol–water partition coefficient (Wildman–Crippen LogP) is 2.66. The minimum absolute atomic E-state index is 0.0136. The summed E-state index contributed by atoms with van der Waals surface area (Å²) < 4.78 is 6.31. The van der Waals surface area contributed by atoms with E-state index < -0.39 is 5.97 Å². The summed E-state index contributed by atoms with van der Waals surface area (Å²) in [5, 5.41) is 0.948. The molecule has 0 saturated heterocycles. The number of unbranched alkanes of at least 4 members (excludes halogenated alkanes) is 1. The number of rotatable bonds is 7. The topological polar surface area (TPSA) is 78.3 Å². The van der Waals surface area contributed by atoms with Crippen LogP contribution in [0.15, 0.2) is 28.2 Å². The number of fused-ring (bicyclic) bond motifs is 1. The van der Waals surface area contributed by atoms with Crippen LogP contribution in [0.25, 0.3) is 10.9 Å². The third kappa shape index (κ3) is 4.03. The van der Waals surface area contributed by atoms with Crippen molar-refractivity contribution in [2.24, 2.45) is 0 Å². The van der Waals surface area contributed by atoms with E-state index in [1.807, 2.05) is 6.92 Å². The van der Waals surface area contributed by atoms with Crippen LogP contribution in [0.1, 0.15) is 37.0 Å². The standard InChI is InChI=1S/C17H20N2O4S/c1-4-5-8-19-15(21)13-7-6-12(16(22)23-3)9-14(13)18-17(19)24-10-11(2)20/h6-7,9H,4-5,8,10H2,1-3H3. The molecule has 7 heteroatoms. The van der Waals surface area contributed by atoms with Crippen molar-refractivity contribution in [3.63, 3.8) is 0 Å². The molecule has 24 heavy (non-hydrogen) atoms. The molecule has 1 heterocycles. The monoisotopic (exact) mass is 348 g/mol. The second-order valence-electron chi connectivity index (χ2n) is 5.42. The highest BCUT2D eigenvalue weighted by Crippen LogP contribution is 2.19. The first-order chi connectivity index (χ1) is 11.5. The predicted molar refractivity (Wildman–Crippen MR) is 93.7 cm³/mol. The van der Waals surface area contributed by atoms with Crippen molar-refractivity contribution in [2.75, 3.05) is 12.9 Å². The number of nitrogens with zero attached hydrogens (tertiary/aromatic N) is 2. The quantitative estimate of drug-likeness (QED) is 0.435. The largest absolute Gasteiger partial charge is 0.465 e. The SMILES string of the molecule is CCCCn1c(SCC(C)=O)nc2cc(C(=O)OC)ccc2c1=O. The zero-order valence-electron chi connectivity index (χ0n) is 14.0. The molecule has 0 radical (unpaired) electrons. The minimum Gasteiger partial charge on any atom is -0.465 e. The number of ketones is 1. The van der Waals surface area contributed by atoms with Crippen LogP contribution in [0.4, 0.5) is 0 Å². The molecule has 0 unspecified atom stereocenters. The van der Waals surface area contributed by atoms with E-state index in [9.17, 15) is 14.4 Å². The Bertz CT molecular complexity index is 829. The van der Waals surface area contributed by atoms with Gasteiger partial charge < -0.3 is 4.74 Å². The number of carbonyl (C=O) groups is 2. The minimum atomic E-state index is -0.480. The van der Waals surface area contributed by atoms with Crippen molar-refractivity contribution in [3.05, 3.63) is 34.1 Å². The van der Waals surface area contributed by atoms with Crippen molar-refractivity contribution in [1.82, 2.24) is 9.55 Å². The van der Waals surface area contributed by atoms with Gasteiger partial charge >= 0.3 is 5.97 Å². The van der Waals surface area contributed by atoms with Gasteiger partial charge in [0.1, 0.15) is 5.78 Å². The lowest BCUT2D eigenvalue weighted by Crippen LogP contribution is -2.24. The van der Waals surface area contributed by atoms with Gasteiger partial charge in [-0.2, -0.15) is 0 Å². The Morgan fingerprint density at radius 3 is 2.71 bits per heavy atom. The van der Waals surface area contributed by atoms with E-state index in [1.165, 1.54) is 25.8 Å². The smallest absolute Gasteiger partial charge is 0.337 e. The highest BCUT2D eigenvalue weighted by atomic mass is 32.2. The number of hydrogen-bond acceptors (Lipinski definition) is 6. The lowest BCUT2D eigenvalue weighted by Gasteiger charge is -2.12. The van der Waals surface area contributed by atoms with Crippen LogP contribution in [-0.2, 0) is 16.1 Å². The third-order valence-corrected chi connectivity index (χ3v) is 4.60. The molecule has 128 valence electrons. The number of ether oxygens (including phenoxy) is 1. The number of hydrogen-bond donors (Lipinski definition) is 0. The van der Waals surface area contributed by atoms with Crippen LogP contribution in [-0.4, -0.2) is 34.2 Å². The molecule has 1 aromatic heterocycles. The normalized spacial score (nSPS) is 10.8. The molecule has 1 aromatic carbocycles. The highest BCUT2D eigenvalue weighted by Gasteiger charge is 2.14. The number of methoxy groups -OCH3 is 1. The Hall–Kier alpha value is -2.15. The van der Waals surface area contributed by atoms with Gasteiger partial charge in [-0.05, 0) is 31.5 Å². The zero-order valence-corrected chi connectivity index (χ0v) is 14.8. The zero-order chi connectivity index (χ0) is 17.7. The van der Waals surface area contributed by atoms with Gasteiger partial charge in [0.15, 0.2) is 5.16 Å². The summed E-state index contributed by atoms with van der Waals surface area (Å²) in [7, 11) is 1.30. The average molecular weight is 348 g/mol. The third-order valence-electron chi connectivity index (χ3n) is 3.48. The van der Waals surface area contributed by atoms with Crippen LogP contribution in [0.3, 0.4) is 0 Å². The summed E-state index contributed by atoms with van der Waals surface area (Å²) in [6, 6.07) is 4.70. The van der Waals surface area contributed by atoms with Gasteiger partial charge in [0.2, 0.25) is 0 Å². The fraction of sp³-hybridized carbons (Fsp3) is 0.412. The number of Topliss-reactive ketones (excluding diaryl/α,β-unsaturated/α-hetero) is 1. The van der Waals surface area contributed by atoms with E-state index in [0.29, 0.717) is 28.2 Å². The maximum absolute atomic E-state index is 12.8. The molecule has 2 rings (SSSR count). The van der Waals surface area contributed by atoms with Gasteiger partial charge in [-0.3, -0.25) is 14.2 Å². The Morgan fingerprint density at radius 1 is 1.33 bits per heavy atom. The number of aromatic nitrogens is 2. The molecule has 0 fully saturated rings. The van der Waals surface area contributed by atoms with Crippen LogP contribution in [0.5, 0.6) is 0 Å². The van der Waals surface area contributed by atoms with Gasteiger partial charge in [0, 0.05) is 6.54 Å². The van der Waals surface area contributed by atoms with E-state index in [0.717, 1.165) is 12.8 Å². The van der Waals surface area contributed by atoms with E-state index in [4.69, 9.17) is 4.74 Å². The van der Waals surface area contributed by atoms with Gasteiger partial charge in [0.05, 0.1) is 29.3 Å². The van der Waals surface area contributed by atoms with E-state index in [1.54, 1.807) is 22.8 Å². The molecule has 0 aliphatic heterocycles. The fourth-order valence-electron chi connectivity index (χ4n) is 2.24. The Morgan fingerprint density at radius 2 is 2.08 bits per heavy atom. The van der Waals surface area contributed by atoms with Crippen LogP contribution < -0.4 is 5.56 Å². The number of esters is 1. The second-order valence-corrected chi connectivity index (χ2v) is 6.36. The van der Waals surface area contributed by atoms with Crippen LogP contribution >= 0.6 is 11.8 Å². The van der Waals surface area contributed by atoms with E-state index in [-0.39, 0.29) is 17.1 Å². The molecule has 0 aliphatic rings. The molecule has 0 saturated carbocycles. The van der Waals surface area contributed by atoms with Gasteiger partial charge in [-0.1, -0.05) is 25.1 Å². The Labute approximate surface area is 144 Å². The van der Waals surface area contributed by atoms with Crippen LogP contribution in [0, 0.1) is 0 Å². The van der Waals surface area contributed by atoms with E-state index >= 15 is 0 Å². The lowest BCUT2D eigenvalue weighted by atomic mass is 10.1. The van der Waals surface area contributed by atoms with Gasteiger partial charge in [-0.15, -0.1) is 0 Å². The number of thioether (sulfide) groups is 1. The van der Waals surface area contributed by atoms with Crippen molar-refractivity contribution in [3.8, 4) is 0 Å². The lowest BCUT2D eigenvalue weighted by molar-refractivity contribution is -0.114. The fourth-order valence-corrected chi connectivity index (χ4v) is 3.06. The first-order valence-corrected chi connectivity index (χ1v) is 8.71. The van der Waals surface area contributed by atoms with Gasteiger partial charge in [0.25, 0.3) is 5.56 Å². The van der Waals surface area contributed by atoms with Gasteiger partial charge in [-0.25, -0.2) is 9.78 Å². The second kappa shape index (κ2) is 8.10. The molecule has 0 N–H and O–H groups in total. The Balaban J connectivity index is 2.58. The average Bonchev–Trinajstić information content (AvgIpc) is 2.58. The van der Waals surface area contributed by atoms with Crippen molar-refractivity contribution in [2.45, 2.75) is 38.4 Å². The number of benzene rings is 1. The molecule has 0 atom stereocenters. The Kier molecular flexibility index (Phi) is 6.14. The summed E-state index contributed by atoms with van der Waals surface area (Å²) >= 11 is 1.24. The molecule has 6 nitrogen and oxygen atoms in total. The van der Waals surface area contributed by atoms with Crippen molar-refractivity contribution in [1.29, 1.82) is 0 Å². The summed E-state index contributed by atoms with van der Waals surface area (Å²) in [6.45, 7) is 4.10. The summed E-state index contributed by atoms with van der Waals surface area (Å²) in [4.78, 5) is 40.2. The number of carbonyl (C=O) groups excluding carboxylic acids is 2. The molecular weight excluding hydrogens is 328 g/mol. The summed E-state index contributed by atoms with van der Waals surface area (Å²) in [5.74, 6) is -0.215. The molecule has 0 amide bonds. The van der Waals surface area contributed by atoms with Crippen LogP contribution in [0.2, 0.25) is 0 Å². The first-order valence-electron chi connectivity index (χ1n) is 7.73. The molecule has 2 aromatic rings. The van der Waals surface area contributed by atoms with Crippen molar-refractivity contribution >= 4 is 34.4 Å². The van der Waals surface area contributed by atoms with E-state index in [2.05, 4.69) is 4.98 Å². The maximum atomic E-state index is 12.8. The maximum Gasteiger partial charge on any atom is 0.337 e.